The number of nitrogens with zero attached hydrogens (tertiary/aromatic N) is 1. The van der Waals surface area contributed by atoms with Crippen LogP contribution in [0.15, 0.2) is 42.5 Å². The van der Waals surface area contributed by atoms with Crippen molar-refractivity contribution < 1.29 is 19.4 Å². The van der Waals surface area contributed by atoms with Crippen LogP contribution in [0.1, 0.15) is 62.6 Å². The molecular weight excluding hydrogens is 392 g/mol. The lowest BCUT2D eigenvalue weighted by atomic mass is 9.87. The van der Waals surface area contributed by atoms with E-state index in [0.717, 1.165) is 6.42 Å². The molecule has 6 nitrogen and oxygen atoms in total. The first-order valence-corrected chi connectivity index (χ1v) is 11.0. The smallest absolute Gasteiger partial charge is 0.330 e. The quantitative estimate of drug-likeness (QED) is 0.522. The number of aliphatic carboxylic acids is 1. The molecule has 1 saturated carbocycles. The predicted octanol–water partition coefficient (Wildman–Crippen LogP) is 5.54. The molecule has 0 unspecified atom stereocenters. The number of hydrogen-bond donors (Lipinski definition) is 2. The van der Waals surface area contributed by atoms with Crippen LogP contribution in [0.25, 0.3) is 0 Å². The summed E-state index contributed by atoms with van der Waals surface area (Å²) in [4.78, 5) is 12.0. The van der Waals surface area contributed by atoms with Crippen molar-refractivity contribution in [1.29, 1.82) is 5.26 Å². The Balaban J connectivity index is 1.75. The molecule has 0 radical (unpaired) electrons. The van der Waals surface area contributed by atoms with E-state index in [1.165, 1.54) is 32.1 Å². The minimum atomic E-state index is -1.01. The van der Waals surface area contributed by atoms with Crippen molar-refractivity contribution in [3.8, 4) is 17.6 Å². The highest BCUT2D eigenvalue weighted by atomic mass is 16.5. The highest BCUT2D eigenvalue weighted by Gasteiger charge is 2.22. The van der Waals surface area contributed by atoms with Gasteiger partial charge in [0, 0.05) is 11.8 Å². The molecule has 1 aliphatic carbocycles. The lowest BCUT2D eigenvalue weighted by Gasteiger charge is -2.22. The van der Waals surface area contributed by atoms with Crippen LogP contribution in [0, 0.1) is 17.2 Å². The second-order valence-corrected chi connectivity index (χ2v) is 7.92. The van der Waals surface area contributed by atoms with Crippen LogP contribution in [-0.4, -0.2) is 24.3 Å². The Bertz CT molecular complexity index is 899. The van der Waals surface area contributed by atoms with Crippen LogP contribution in [0.3, 0.4) is 0 Å². The molecule has 1 aliphatic rings. The van der Waals surface area contributed by atoms with E-state index in [9.17, 15) is 9.90 Å². The number of nitriles is 1. The number of rotatable bonds is 10. The van der Waals surface area contributed by atoms with Gasteiger partial charge in [-0.1, -0.05) is 32.1 Å². The second kappa shape index (κ2) is 11.3. The van der Waals surface area contributed by atoms with Gasteiger partial charge >= 0.3 is 5.97 Å². The molecule has 0 aromatic heterocycles. The maximum absolute atomic E-state index is 12.0. The van der Waals surface area contributed by atoms with Gasteiger partial charge in [0.2, 0.25) is 0 Å². The minimum Gasteiger partial charge on any atom is -0.494 e. The van der Waals surface area contributed by atoms with Crippen LogP contribution >= 0.6 is 0 Å². The lowest BCUT2D eigenvalue weighted by molar-refractivity contribution is -0.138. The van der Waals surface area contributed by atoms with Crippen molar-refractivity contribution in [3.63, 3.8) is 0 Å². The highest BCUT2D eigenvalue weighted by molar-refractivity contribution is 5.79. The van der Waals surface area contributed by atoms with Gasteiger partial charge in [-0.15, -0.1) is 0 Å². The number of carbonyl (C=O) groups is 1. The van der Waals surface area contributed by atoms with Gasteiger partial charge in [-0.25, -0.2) is 4.79 Å². The first-order valence-electron chi connectivity index (χ1n) is 11.0. The zero-order valence-electron chi connectivity index (χ0n) is 18.0. The molecule has 2 aromatic rings. The lowest BCUT2D eigenvalue weighted by Crippen LogP contribution is -2.20. The van der Waals surface area contributed by atoms with Gasteiger partial charge in [0.05, 0.1) is 24.8 Å². The number of carboxylic acids is 1. The van der Waals surface area contributed by atoms with E-state index < -0.39 is 12.0 Å². The Morgan fingerprint density at radius 2 is 1.81 bits per heavy atom. The Labute approximate surface area is 183 Å². The number of benzene rings is 2. The van der Waals surface area contributed by atoms with Crippen molar-refractivity contribution in [1.82, 2.24) is 0 Å². The van der Waals surface area contributed by atoms with E-state index in [-0.39, 0.29) is 0 Å². The molecule has 164 valence electrons. The number of carboxylic acid groups (broad SMARTS) is 1. The van der Waals surface area contributed by atoms with Crippen molar-refractivity contribution in [3.05, 3.63) is 53.6 Å². The van der Waals surface area contributed by atoms with Gasteiger partial charge in [0.1, 0.15) is 11.5 Å². The van der Waals surface area contributed by atoms with Crippen LogP contribution in [0.5, 0.6) is 11.5 Å². The third-order valence-electron chi connectivity index (χ3n) is 5.64. The Hall–Kier alpha value is -3.20. The largest absolute Gasteiger partial charge is 0.494 e. The first kappa shape index (κ1) is 22.5. The maximum atomic E-state index is 12.0. The fourth-order valence-electron chi connectivity index (χ4n) is 4.01. The number of hydrogen-bond acceptors (Lipinski definition) is 5. The third-order valence-corrected chi connectivity index (χ3v) is 5.64. The van der Waals surface area contributed by atoms with Gasteiger partial charge in [-0.2, -0.15) is 5.26 Å². The predicted molar refractivity (Wildman–Crippen MR) is 119 cm³/mol. The van der Waals surface area contributed by atoms with Crippen LogP contribution in [-0.2, 0) is 4.79 Å². The summed E-state index contributed by atoms with van der Waals surface area (Å²) in [6, 6.07) is 13.1. The van der Waals surface area contributed by atoms with Crippen LogP contribution in [0.2, 0.25) is 0 Å². The molecule has 0 amide bonds. The van der Waals surface area contributed by atoms with Crippen molar-refractivity contribution in [2.75, 3.05) is 18.5 Å². The Morgan fingerprint density at radius 1 is 1.13 bits per heavy atom. The van der Waals surface area contributed by atoms with Crippen molar-refractivity contribution >= 4 is 11.7 Å². The summed E-state index contributed by atoms with van der Waals surface area (Å²) < 4.78 is 11.7. The zero-order chi connectivity index (χ0) is 22.1. The fraction of sp³-hybridized carbons (Fsp3) is 0.440. The topological polar surface area (TPSA) is 91.6 Å². The maximum Gasteiger partial charge on any atom is 0.330 e. The monoisotopic (exact) mass is 422 g/mol. The summed E-state index contributed by atoms with van der Waals surface area (Å²) in [5.41, 5.74) is 1.69. The molecular formula is C25H30N2O4. The van der Waals surface area contributed by atoms with E-state index >= 15 is 0 Å². The summed E-state index contributed by atoms with van der Waals surface area (Å²) in [6.07, 6.45) is 7.48. The normalized spacial score (nSPS) is 15.0. The third kappa shape index (κ3) is 6.65. The standard InChI is InChI=1S/C25H30N2O4/c1-2-30-22-14-20(15-23(16-22)31-13-12-18-6-4-3-5-7-18)24(25(28)29)27-21-10-8-19(17-26)9-11-21/h8-11,14-16,18,24,27H,2-7,12-13H2,1H3,(H,28,29)/t24-/m1/s1. The van der Waals surface area contributed by atoms with E-state index in [2.05, 4.69) is 11.4 Å². The van der Waals surface area contributed by atoms with Gasteiger partial charge in [0.15, 0.2) is 6.04 Å². The van der Waals surface area contributed by atoms with Gasteiger partial charge in [-0.05, 0) is 61.2 Å². The van der Waals surface area contributed by atoms with Gasteiger partial charge < -0.3 is 19.9 Å². The summed E-state index contributed by atoms with van der Waals surface area (Å²) in [5.74, 6) is 0.907. The Kier molecular flexibility index (Phi) is 8.17. The molecule has 0 saturated heterocycles. The summed E-state index contributed by atoms with van der Waals surface area (Å²) >= 11 is 0. The molecule has 0 heterocycles. The number of anilines is 1. The molecule has 2 aromatic carbocycles. The van der Waals surface area contributed by atoms with Crippen molar-refractivity contribution in [2.24, 2.45) is 5.92 Å². The molecule has 1 atom stereocenters. The molecule has 3 rings (SSSR count). The molecule has 0 aliphatic heterocycles. The van der Waals surface area contributed by atoms with E-state index in [1.807, 2.05) is 13.0 Å². The van der Waals surface area contributed by atoms with Gasteiger partial charge in [0.25, 0.3) is 0 Å². The first-order chi connectivity index (χ1) is 15.1. The van der Waals surface area contributed by atoms with E-state index in [0.29, 0.717) is 47.4 Å². The number of ether oxygens (including phenoxy) is 2. The Morgan fingerprint density at radius 3 is 2.42 bits per heavy atom. The van der Waals surface area contributed by atoms with Crippen molar-refractivity contribution in [2.45, 2.75) is 51.5 Å². The highest BCUT2D eigenvalue weighted by Crippen LogP contribution is 2.31. The summed E-state index contributed by atoms with van der Waals surface area (Å²) in [6.45, 7) is 2.98. The molecule has 2 N–H and O–H groups in total. The molecule has 0 spiro atoms. The summed E-state index contributed by atoms with van der Waals surface area (Å²) in [5, 5.41) is 21.8. The zero-order valence-corrected chi connectivity index (χ0v) is 18.0. The SMILES string of the molecule is CCOc1cc(OCCC2CCCCC2)cc([C@@H](Nc2ccc(C#N)cc2)C(=O)O)c1. The van der Waals surface area contributed by atoms with Crippen LogP contribution in [0.4, 0.5) is 5.69 Å². The molecule has 6 heteroatoms. The molecule has 1 fully saturated rings. The average Bonchev–Trinajstić information content (AvgIpc) is 2.78. The van der Waals surface area contributed by atoms with Gasteiger partial charge in [-0.3, -0.25) is 0 Å². The minimum absolute atomic E-state index is 0.478. The summed E-state index contributed by atoms with van der Waals surface area (Å²) in [7, 11) is 0. The fourth-order valence-corrected chi connectivity index (χ4v) is 4.01. The molecule has 31 heavy (non-hydrogen) atoms. The second-order valence-electron chi connectivity index (χ2n) is 7.92. The van der Waals surface area contributed by atoms with E-state index in [1.54, 1.807) is 36.4 Å². The van der Waals surface area contributed by atoms with E-state index in [4.69, 9.17) is 14.7 Å². The number of nitrogens with one attached hydrogen (secondary N) is 1. The molecule has 0 bridgehead atoms. The average molecular weight is 423 g/mol. The van der Waals surface area contributed by atoms with Crippen LogP contribution < -0.4 is 14.8 Å².